The maximum Gasteiger partial charge on any atom is 0.271 e. The lowest BCUT2D eigenvalue weighted by molar-refractivity contribution is -0.326. The van der Waals surface area contributed by atoms with E-state index in [1.54, 1.807) is 0 Å². The average molecular weight is 360 g/mol. The van der Waals surface area contributed by atoms with Crippen LogP contribution < -0.4 is 0 Å². The van der Waals surface area contributed by atoms with Crippen molar-refractivity contribution in [2.75, 3.05) is 19.8 Å². The van der Waals surface area contributed by atoms with E-state index in [2.05, 4.69) is 6.92 Å². The van der Waals surface area contributed by atoms with E-state index < -0.39 is 12.6 Å². The van der Waals surface area contributed by atoms with Crippen molar-refractivity contribution in [3.63, 3.8) is 0 Å². The van der Waals surface area contributed by atoms with Crippen LogP contribution in [0.1, 0.15) is 71.1 Å². The van der Waals surface area contributed by atoms with Crippen molar-refractivity contribution in [3.05, 3.63) is 12.2 Å². The Hall–Kier alpha value is -0.520. The fraction of sp³-hybridized carbons (Fsp3) is 0.900. The van der Waals surface area contributed by atoms with Crippen LogP contribution >= 0.6 is 0 Å². The van der Waals surface area contributed by atoms with Gasteiger partial charge in [-0.3, -0.25) is 0 Å². The molecule has 0 unspecified atom stereocenters. The Balaban J connectivity index is 1.55. The summed E-state index contributed by atoms with van der Waals surface area (Å²) in [5.41, 5.74) is 0. The summed E-state index contributed by atoms with van der Waals surface area (Å²) in [7, 11) is 0. The fourth-order valence-electron chi connectivity index (χ4n) is 3.95. The van der Waals surface area contributed by atoms with Gasteiger partial charge in [0.1, 0.15) is 0 Å². The zero-order chi connectivity index (χ0) is 17.9. The van der Waals surface area contributed by atoms with Crippen LogP contribution in [0.2, 0.25) is 0 Å². The van der Waals surface area contributed by atoms with Gasteiger partial charge >= 0.3 is 0 Å². The molecule has 0 bridgehead atoms. The van der Waals surface area contributed by atoms with Crippen LogP contribution in [0.25, 0.3) is 0 Å². The smallest absolute Gasteiger partial charge is 0.271 e. The summed E-state index contributed by atoms with van der Waals surface area (Å²) in [6.45, 7) is 3.84. The van der Waals surface area contributed by atoms with Crippen molar-refractivity contribution in [2.45, 2.75) is 77.6 Å². The lowest BCUT2D eigenvalue weighted by atomic mass is 9.75. The molecule has 0 aromatic carbocycles. The van der Waals surface area contributed by atoms with Gasteiger partial charge in [0.2, 0.25) is 0 Å². The monoisotopic (exact) mass is 360 g/mol. The topological polar surface area (TPSA) is 27.7 Å². The molecule has 5 heteroatoms. The molecule has 0 amide bonds. The van der Waals surface area contributed by atoms with Gasteiger partial charge in [-0.15, -0.1) is 0 Å². The zero-order valence-electron chi connectivity index (χ0n) is 15.6. The third kappa shape index (κ3) is 8.14. The molecule has 2 fully saturated rings. The second-order valence-corrected chi connectivity index (χ2v) is 7.50. The van der Waals surface area contributed by atoms with E-state index in [4.69, 9.17) is 14.2 Å². The van der Waals surface area contributed by atoms with E-state index >= 15 is 0 Å². The molecular formula is C20H34F2O3. The van der Waals surface area contributed by atoms with Gasteiger partial charge in [0.25, 0.3) is 12.6 Å². The molecule has 1 heterocycles. The molecule has 0 radical (unpaired) electrons. The van der Waals surface area contributed by atoms with Gasteiger partial charge in [-0.2, -0.15) is 8.78 Å². The van der Waals surface area contributed by atoms with Gasteiger partial charge in [-0.05, 0) is 50.0 Å². The third-order valence-electron chi connectivity index (χ3n) is 5.58. The standard InChI is InChI=1S/C20H34F2O3/c1-2-3-4-5-13-23-20-24-14-18(15-25-20)17-11-9-16(10-12-17)7-6-8-19(21)22/h8,16-18,20H,2-7,9-15H2,1H3. The van der Waals surface area contributed by atoms with Crippen LogP contribution in [0.3, 0.4) is 0 Å². The minimum Gasteiger partial charge on any atom is -0.330 e. The highest BCUT2D eigenvalue weighted by molar-refractivity contribution is 4.83. The summed E-state index contributed by atoms with van der Waals surface area (Å²) in [6, 6.07) is 0. The minimum absolute atomic E-state index is 0.448. The van der Waals surface area contributed by atoms with Crippen molar-refractivity contribution < 1.29 is 23.0 Å². The molecule has 2 rings (SSSR count). The first-order chi connectivity index (χ1) is 12.2. The number of unbranched alkanes of at least 4 members (excludes halogenated alkanes) is 3. The van der Waals surface area contributed by atoms with Gasteiger partial charge < -0.3 is 14.2 Å². The number of halogens is 2. The maximum absolute atomic E-state index is 12.1. The van der Waals surface area contributed by atoms with Gasteiger partial charge in [0, 0.05) is 5.92 Å². The van der Waals surface area contributed by atoms with Crippen molar-refractivity contribution in [2.24, 2.45) is 17.8 Å². The molecule has 0 N–H and O–H groups in total. The van der Waals surface area contributed by atoms with Crippen LogP contribution in [0, 0.1) is 17.8 Å². The quantitative estimate of drug-likeness (QED) is 0.454. The van der Waals surface area contributed by atoms with Crippen molar-refractivity contribution in [1.82, 2.24) is 0 Å². The van der Waals surface area contributed by atoms with E-state index in [-0.39, 0.29) is 0 Å². The van der Waals surface area contributed by atoms with E-state index in [1.807, 2.05) is 0 Å². The summed E-state index contributed by atoms with van der Waals surface area (Å²) in [4.78, 5) is 0. The van der Waals surface area contributed by atoms with Crippen LogP contribution in [-0.4, -0.2) is 26.3 Å². The lowest BCUT2D eigenvalue weighted by Crippen LogP contribution is -2.38. The predicted octanol–water partition coefficient (Wildman–Crippen LogP) is 5.90. The highest BCUT2D eigenvalue weighted by atomic mass is 19.3. The summed E-state index contributed by atoms with van der Waals surface area (Å²) in [6.07, 6.45) is 10.2. The Bertz CT molecular complexity index is 369. The van der Waals surface area contributed by atoms with Gasteiger partial charge in [-0.25, -0.2) is 0 Å². The van der Waals surface area contributed by atoms with Crippen molar-refractivity contribution in [1.29, 1.82) is 0 Å². The van der Waals surface area contributed by atoms with Crippen LogP contribution in [-0.2, 0) is 14.2 Å². The van der Waals surface area contributed by atoms with E-state index in [0.717, 1.165) is 44.6 Å². The third-order valence-corrected chi connectivity index (χ3v) is 5.58. The molecule has 1 saturated heterocycles. The lowest BCUT2D eigenvalue weighted by Gasteiger charge is -2.37. The molecule has 1 aliphatic heterocycles. The number of ether oxygens (including phenoxy) is 3. The molecule has 1 aliphatic carbocycles. The highest BCUT2D eigenvalue weighted by Crippen LogP contribution is 2.37. The predicted molar refractivity (Wildman–Crippen MR) is 94.3 cm³/mol. The largest absolute Gasteiger partial charge is 0.330 e. The number of hydrogen-bond donors (Lipinski definition) is 0. The van der Waals surface area contributed by atoms with Crippen molar-refractivity contribution in [3.8, 4) is 0 Å². The molecule has 3 nitrogen and oxygen atoms in total. The molecule has 146 valence electrons. The summed E-state index contributed by atoms with van der Waals surface area (Å²) in [5.74, 6) is 1.68. The second kappa shape index (κ2) is 12.0. The first-order valence-electron chi connectivity index (χ1n) is 10.0. The number of hydrogen-bond acceptors (Lipinski definition) is 3. The molecular weight excluding hydrogens is 326 g/mol. The number of allylic oxidation sites excluding steroid dienone is 1. The Morgan fingerprint density at radius 2 is 1.72 bits per heavy atom. The van der Waals surface area contributed by atoms with Crippen LogP contribution in [0.5, 0.6) is 0 Å². The minimum atomic E-state index is -1.55. The zero-order valence-corrected chi connectivity index (χ0v) is 15.6. The molecule has 0 aromatic heterocycles. The van der Waals surface area contributed by atoms with Crippen molar-refractivity contribution >= 4 is 0 Å². The molecule has 25 heavy (non-hydrogen) atoms. The Morgan fingerprint density at radius 1 is 1.00 bits per heavy atom. The maximum atomic E-state index is 12.1. The summed E-state index contributed by atoms with van der Waals surface area (Å²) >= 11 is 0. The average Bonchev–Trinajstić information content (AvgIpc) is 2.62. The summed E-state index contributed by atoms with van der Waals surface area (Å²) in [5, 5.41) is 0. The molecule has 0 atom stereocenters. The normalized spacial score (nSPS) is 30.2. The van der Waals surface area contributed by atoms with E-state index in [1.165, 1.54) is 19.3 Å². The number of rotatable bonds is 10. The molecule has 2 aliphatic rings. The first kappa shape index (κ1) is 20.8. The Labute approximate surface area is 151 Å². The SMILES string of the molecule is CCCCCCOC1OCC(C2CCC(CCC=C(F)F)CC2)CO1. The summed E-state index contributed by atoms with van der Waals surface area (Å²) < 4.78 is 41.3. The highest BCUT2D eigenvalue weighted by Gasteiger charge is 2.32. The van der Waals surface area contributed by atoms with Gasteiger partial charge in [0.15, 0.2) is 0 Å². The van der Waals surface area contributed by atoms with Crippen LogP contribution in [0.15, 0.2) is 12.2 Å². The van der Waals surface area contributed by atoms with Gasteiger partial charge in [0.05, 0.1) is 19.8 Å². The van der Waals surface area contributed by atoms with Gasteiger partial charge in [-0.1, -0.05) is 39.0 Å². The molecule has 0 aromatic rings. The molecule has 1 saturated carbocycles. The Kier molecular flexibility index (Phi) is 9.96. The van der Waals surface area contributed by atoms with Crippen LogP contribution in [0.4, 0.5) is 8.78 Å². The molecule has 0 spiro atoms. The Morgan fingerprint density at radius 3 is 2.36 bits per heavy atom. The fourth-order valence-corrected chi connectivity index (χ4v) is 3.95. The second-order valence-electron chi connectivity index (χ2n) is 7.50. The van der Waals surface area contributed by atoms with E-state index in [9.17, 15) is 8.78 Å². The van der Waals surface area contributed by atoms with E-state index in [0.29, 0.717) is 44.0 Å². The first-order valence-corrected chi connectivity index (χ1v) is 10.0.